The Hall–Kier alpha value is -5.65. The van der Waals surface area contributed by atoms with Crippen LogP contribution < -0.4 is 31.1 Å². The summed E-state index contributed by atoms with van der Waals surface area (Å²) < 4.78 is 0. The smallest absolute Gasteiger partial charge is 0.252 e. The number of para-hydroxylation sites is 5. The van der Waals surface area contributed by atoms with E-state index in [0.717, 1.165) is 28.4 Å². The summed E-state index contributed by atoms with van der Waals surface area (Å²) in [6, 6.07) is 64.4. The molecule has 0 radical (unpaired) electrons. The molecule has 7 aromatic rings. The average molecular weight is 664 g/mol. The van der Waals surface area contributed by atoms with E-state index in [2.05, 4.69) is 209 Å². The number of anilines is 9. The summed E-state index contributed by atoms with van der Waals surface area (Å²) in [5.41, 5.74) is 14.4. The number of rotatable bonds is 6. The Bertz CT molecular complexity index is 2210. The van der Waals surface area contributed by atoms with Crippen LogP contribution in [0.4, 0.5) is 51.2 Å². The van der Waals surface area contributed by atoms with E-state index < -0.39 is 10.0 Å². The first kappa shape index (κ1) is 30.4. The lowest BCUT2D eigenvalue weighted by molar-refractivity contribution is 1.22. The summed E-state index contributed by atoms with van der Waals surface area (Å²) in [5, 5.41) is 0. The van der Waals surface area contributed by atoms with Crippen LogP contribution in [0.3, 0.4) is 0 Å². The van der Waals surface area contributed by atoms with E-state index in [-0.39, 0.29) is 6.71 Å². The van der Waals surface area contributed by atoms with Crippen molar-refractivity contribution in [1.29, 1.82) is 0 Å². The van der Waals surface area contributed by atoms with E-state index in [1.165, 1.54) is 44.0 Å². The summed E-state index contributed by atoms with van der Waals surface area (Å²) in [6.45, 7) is 0.0839. The van der Waals surface area contributed by atoms with Gasteiger partial charge in [-0.3, -0.25) is 0 Å². The molecule has 0 atom stereocenters. The van der Waals surface area contributed by atoms with Gasteiger partial charge in [0.2, 0.25) is 0 Å². The third-order valence-electron chi connectivity index (χ3n) is 9.97. The van der Waals surface area contributed by atoms with Crippen molar-refractivity contribution in [3.63, 3.8) is 0 Å². The largest absolute Gasteiger partial charge is 0.311 e. The molecule has 0 saturated carbocycles. The molecule has 0 saturated heterocycles. The fourth-order valence-corrected chi connectivity index (χ4v) is 8.70. The molecule has 5 heteroatoms. The molecule has 0 N–H and O–H groups in total. The maximum atomic E-state index is 2.47. The van der Waals surface area contributed by atoms with Gasteiger partial charge in [-0.1, -0.05) is 91.0 Å². The Kier molecular flexibility index (Phi) is 7.33. The minimum Gasteiger partial charge on any atom is -0.311 e. The fraction of sp³-hybridized carbons (Fsp3) is 0.0667. The maximum Gasteiger partial charge on any atom is 0.252 e. The number of nitrogens with zero attached hydrogens (tertiary/aromatic N) is 3. The van der Waals surface area contributed by atoms with Crippen LogP contribution in [0.2, 0.25) is 0 Å². The maximum absolute atomic E-state index is 2.47. The second kappa shape index (κ2) is 12.0. The molecule has 0 aliphatic carbocycles. The van der Waals surface area contributed by atoms with E-state index in [9.17, 15) is 0 Å². The van der Waals surface area contributed by atoms with Crippen molar-refractivity contribution in [2.45, 2.75) is 4.90 Å². The lowest BCUT2D eigenvalue weighted by atomic mass is 9.33. The minimum absolute atomic E-state index is 0.0839. The van der Waals surface area contributed by atoms with Crippen LogP contribution in [-0.2, 0) is 0 Å². The van der Waals surface area contributed by atoms with Crippen LogP contribution >= 0.6 is 10.0 Å². The highest BCUT2D eigenvalue weighted by atomic mass is 32.3. The molecule has 7 aromatic carbocycles. The van der Waals surface area contributed by atoms with Gasteiger partial charge in [-0.15, -0.1) is 0 Å². The Labute approximate surface area is 297 Å². The number of hydrogen-bond donors (Lipinski definition) is 0. The predicted octanol–water partition coefficient (Wildman–Crippen LogP) is 10.3. The second-order valence-electron chi connectivity index (χ2n) is 13.8. The normalized spacial score (nSPS) is 13.3. The summed E-state index contributed by atoms with van der Waals surface area (Å²) in [6.07, 6.45) is 7.06. The van der Waals surface area contributed by atoms with Gasteiger partial charge in [-0.05, 0) is 125 Å². The summed E-state index contributed by atoms with van der Waals surface area (Å²) >= 11 is 0. The van der Waals surface area contributed by atoms with Crippen LogP contribution in [0.15, 0.2) is 181 Å². The Morgan fingerprint density at radius 2 is 0.840 bits per heavy atom. The lowest BCUT2D eigenvalue weighted by Gasteiger charge is -2.45. The standard InChI is InChI=1S/C45H38BN3S/c1-50(2,3)38-29-27-36(28-30-38)47(33-17-7-4-8-18-33)37-31-43-45-44(32-37)49(35-21-11-6-12-22-35)42-26-16-14-24-40(42)46(45)39-23-13-15-25-41(39)48(43)34-19-9-5-10-20-34/h4-32H,1-3H3. The van der Waals surface area contributed by atoms with Crippen LogP contribution in [0.25, 0.3) is 0 Å². The molecule has 3 nitrogen and oxygen atoms in total. The Morgan fingerprint density at radius 1 is 0.420 bits per heavy atom. The van der Waals surface area contributed by atoms with Crippen molar-refractivity contribution in [2.24, 2.45) is 0 Å². The molecular formula is C45H38BN3S. The Balaban J connectivity index is 1.38. The Morgan fingerprint density at radius 3 is 1.32 bits per heavy atom. The zero-order chi connectivity index (χ0) is 33.8. The molecule has 0 amide bonds. The van der Waals surface area contributed by atoms with E-state index in [1.807, 2.05) is 0 Å². The molecule has 2 heterocycles. The molecule has 0 unspecified atom stereocenters. The number of fused-ring (bicyclic) bond motifs is 4. The van der Waals surface area contributed by atoms with Crippen molar-refractivity contribution in [3.8, 4) is 0 Å². The zero-order valence-electron chi connectivity index (χ0n) is 28.6. The first-order chi connectivity index (χ1) is 24.5. The van der Waals surface area contributed by atoms with E-state index in [0.29, 0.717) is 0 Å². The second-order valence-corrected chi connectivity index (χ2v) is 17.9. The molecule has 0 fully saturated rings. The minimum atomic E-state index is -0.860. The van der Waals surface area contributed by atoms with Crippen molar-refractivity contribution in [3.05, 3.63) is 176 Å². The van der Waals surface area contributed by atoms with Crippen molar-refractivity contribution in [1.82, 2.24) is 0 Å². The predicted molar refractivity (Wildman–Crippen MR) is 219 cm³/mol. The monoisotopic (exact) mass is 663 g/mol. The molecule has 0 spiro atoms. The van der Waals surface area contributed by atoms with Crippen molar-refractivity contribution < 1.29 is 0 Å². The average Bonchev–Trinajstić information content (AvgIpc) is 3.16. The van der Waals surface area contributed by atoms with Gasteiger partial charge in [0.25, 0.3) is 6.71 Å². The van der Waals surface area contributed by atoms with Gasteiger partial charge in [0, 0.05) is 45.5 Å². The van der Waals surface area contributed by atoms with Gasteiger partial charge in [-0.25, -0.2) is 10.0 Å². The zero-order valence-corrected chi connectivity index (χ0v) is 29.4. The molecule has 242 valence electrons. The van der Waals surface area contributed by atoms with Gasteiger partial charge in [-0.2, -0.15) is 0 Å². The van der Waals surface area contributed by atoms with Gasteiger partial charge in [0.15, 0.2) is 0 Å². The van der Waals surface area contributed by atoms with Gasteiger partial charge in [0.05, 0.1) is 5.69 Å². The SMILES string of the molecule is CS(C)(C)c1ccc(N(c2ccccc2)c2cc3c4c(c2)N(c2ccccc2)c2ccccc2B4c2ccccc2N3c2ccccc2)cc1. The highest BCUT2D eigenvalue weighted by Crippen LogP contribution is 2.49. The van der Waals surface area contributed by atoms with E-state index in [1.54, 1.807) is 0 Å². The molecule has 0 aromatic heterocycles. The van der Waals surface area contributed by atoms with Gasteiger partial charge in [0.1, 0.15) is 0 Å². The third kappa shape index (κ3) is 5.00. The summed E-state index contributed by atoms with van der Waals surface area (Å²) in [4.78, 5) is 8.76. The van der Waals surface area contributed by atoms with Crippen LogP contribution in [-0.4, -0.2) is 25.5 Å². The van der Waals surface area contributed by atoms with E-state index >= 15 is 0 Å². The van der Waals surface area contributed by atoms with E-state index in [4.69, 9.17) is 0 Å². The highest BCUT2D eigenvalue weighted by molar-refractivity contribution is 8.32. The molecule has 9 rings (SSSR count). The summed E-state index contributed by atoms with van der Waals surface area (Å²) in [7, 11) is -0.860. The number of hydrogen-bond acceptors (Lipinski definition) is 3. The first-order valence-corrected chi connectivity index (χ1v) is 20.0. The van der Waals surface area contributed by atoms with Crippen LogP contribution in [0.5, 0.6) is 0 Å². The highest BCUT2D eigenvalue weighted by Gasteiger charge is 2.43. The topological polar surface area (TPSA) is 9.72 Å². The van der Waals surface area contributed by atoms with Gasteiger partial charge < -0.3 is 14.7 Å². The third-order valence-corrected chi connectivity index (χ3v) is 11.7. The molecule has 0 bridgehead atoms. The van der Waals surface area contributed by atoms with Gasteiger partial charge >= 0.3 is 0 Å². The summed E-state index contributed by atoms with van der Waals surface area (Å²) in [5.74, 6) is 0. The quantitative estimate of drug-likeness (QED) is 0.164. The van der Waals surface area contributed by atoms with Crippen LogP contribution in [0, 0.1) is 0 Å². The molecule has 2 aliphatic heterocycles. The van der Waals surface area contributed by atoms with Crippen molar-refractivity contribution in [2.75, 3.05) is 33.5 Å². The van der Waals surface area contributed by atoms with Crippen LogP contribution in [0.1, 0.15) is 0 Å². The number of benzene rings is 7. The molecule has 2 aliphatic rings. The van der Waals surface area contributed by atoms with Crippen molar-refractivity contribution >= 4 is 84.3 Å². The first-order valence-electron chi connectivity index (χ1n) is 17.2. The molecule has 50 heavy (non-hydrogen) atoms. The lowest BCUT2D eigenvalue weighted by Crippen LogP contribution is -2.61. The fourth-order valence-electron chi connectivity index (χ4n) is 7.75. The molecular weight excluding hydrogens is 625 g/mol.